The molecule has 1 saturated carbocycles. The predicted molar refractivity (Wildman–Crippen MR) is 66.6 cm³/mol. The summed E-state index contributed by atoms with van der Waals surface area (Å²) < 4.78 is 5.15. The number of nitrogens with one attached hydrogen (secondary N) is 1. The molecule has 1 aromatic carbocycles. The van der Waals surface area contributed by atoms with Gasteiger partial charge in [0.05, 0.1) is 0 Å². The van der Waals surface area contributed by atoms with Gasteiger partial charge < -0.3 is 10.1 Å². The van der Waals surface area contributed by atoms with Gasteiger partial charge in [0, 0.05) is 6.04 Å². The van der Waals surface area contributed by atoms with Gasteiger partial charge in [0.25, 0.3) is 0 Å². The van der Waals surface area contributed by atoms with Crippen molar-refractivity contribution in [2.45, 2.75) is 38.8 Å². The number of carbonyl (C=O) groups excluding carboxylic acids is 1. The summed E-state index contributed by atoms with van der Waals surface area (Å²) in [5.41, 5.74) is 1.02. The molecule has 1 aliphatic carbocycles. The first kappa shape index (κ1) is 12.0. The fourth-order valence-electron chi connectivity index (χ4n) is 2.12. The van der Waals surface area contributed by atoms with Crippen molar-refractivity contribution in [1.29, 1.82) is 0 Å². The minimum absolute atomic E-state index is 0.298. The molecule has 3 heteroatoms. The Balaban J connectivity index is 1.65. The molecule has 1 aliphatic rings. The minimum Gasteiger partial charge on any atom is -0.445 e. The summed E-state index contributed by atoms with van der Waals surface area (Å²) >= 11 is 0. The maximum Gasteiger partial charge on any atom is 0.407 e. The largest absolute Gasteiger partial charge is 0.445 e. The molecule has 0 saturated heterocycles. The van der Waals surface area contributed by atoms with Gasteiger partial charge in [0.1, 0.15) is 6.61 Å². The first-order valence-corrected chi connectivity index (χ1v) is 6.25. The molecule has 1 aromatic rings. The van der Waals surface area contributed by atoms with Crippen molar-refractivity contribution >= 4 is 6.09 Å². The van der Waals surface area contributed by atoms with E-state index >= 15 is 0 Å². The Morgan fingerprint density at radius 2 is 2.06 bits per heavy atom. The standard InChI is InChI=1S/C14H19NO2/c1-2-11-8-13(9-11)15-14(16)17-10-12-6-4-3-5-7-12/h3-7,11,13H,2,8-10H2,1H3,(H,15,16). The van der Waals surface area contributed by atoms with Crippen molar-refractivity contribution in [1.82, 2.24) is 5.32 Å². The molecule has 0 unspecified atom stereocenters. The van der Waals surface area contributed by atoms with E-state index in [4.69, 9.17) is 4.74 Å². The second-order valence-electron chi connectivity index (χ2n) is 4.65. The third-order valence-electron chi connectivity index (χ3n) is 3.35. The molecule has 1 amide bonds. The van der Waals surface area contributed by atoms with Crippen molar-refractivity contribution < 1.29 is 9.53 Å². The highest BCUT2D eigenvalue weighted by Crippen LogP contribution is 2.29. The van der Waals surface area contributed by atoms with Crippen molar-refractivity contribution in [2.75, 3.05) is 0 Å². The Morgan fingerprint density at radius 1 is 1.35 bits per heavy atom. The number of alkyl carbamates (subject to hydrolysis) is 1. The van der Waals surface area contributed by atoms with E-state index in [1.54, 1.807) is 0 Å². The van der Waals surface area contributed by atoms with Crippen LogP contribution < -0.4 is 5.32 Å². The van der Waals surface area contributed by atoms with E-state index < -0.39 is 0 Å². The first-order valence-electron chi connectivity index (χ1n) is 6.25. The fourth-order valence-corrected chi connectivity index (χ4v) is 2.12. The van der Waals surface area contributed by atoms with Crippen LogP contribution in [0, 0.1) is 5.92 Å². The van der Waals surface area contributed by atoms with Crippen molar-refractivity contribution in [3.63, 3.8) is 0 Å². The van der Waals surface area contributed by atoms with Crippen LogP contribution in [0.2, 0.25) is 0 Å². The van der Waals surface area contributed by atoms with Crippen molar-refractivity contribution in [3.05, 3.63) is 35.9 Å². The SMILES string of the molecule is CCC1CC(NC(=O)OCc2ccccc2)C1. The van der Waals surface area contributed by atoms with E-state index in [1.807, 2.05) is 30.3 Å². The molecule has 0 aromatic heterocycles. The fraction of sp³-hybridized carbons (Fsp3) is 0.500. The normalized spacial score (nSPS) is 22.6. The van der Waals surface area contributed by atoms with Crippen LogP contribution in [-0.4, -0.2) is 12.1 Å². The molecule has 2 rings (SSSR count). The number of rotatable bonds is 4. The molecule has 3 nitrogen and oxygen atoms in total. The van der Waals surface area contributed by atoms with E-state index in [9.17, 15) is 4.79 Å². The molecule has 1 fully saturated rings. The molecule has 0 aliphatic heterocycles. The average molecular weight is 233 g/mol. The number of carbonyl (C=O) groups is 1. The molecule has 0 bridgehead atoms. The zero-order chi connectivity index (χ0) is 12.1. The third kappa shape index (κ3) is 3.48. The highest BCUT2D eigenvalue weighted by Gasteiger charge is 2.28. The smallest absolute Gasteiger partial charge is 0.407 e. The molecule has 0 radical (unpaired) electrons. The Bertz CT molecular complexity index is 358. The highest BCUT2D eigenvalue weighted by atomic mass is 16.5. The highest BCUT2D eigenvalue weighted by molar-refractivity contribution is 5.67. The monoisotopic (exact) mass is 233 g/mol. The van der Waals surface area contributed by atoms with Crippen LogP contribution in [0.3, 0.4) is 0 Å². The van der Waals surface area contributed by atoms with E-state index in [1.165, 1.54) is 6.42 Å². The topological polar surface area (TPSA) is 38.3 Å². The van der Waals surface area contributed by atoms with Crippen LogP contribution in [0.25, 0.3) is 0 Å². The summed E-state index contributed by atoms with van der Waals surface area (Å²) in [4.78, 5) is 11.5. The Morgan fingerprint density at radius 3 is 2.71 bits per heavy atom. The van der Waals surface area contributed by atoms with Gasteiger partial charge in [-0.1, -0.05) is 43.7 Å². The van der Waals surface area contributed by atoms with Crippen LogP contribution in [0.4, 0.5) is 4.79 Å². The molecule has 17 heavy (non-hydrogen) atoms. The molecule has 0 atom stereocenters. The first-order chi connectivity index (χ1) is 8.28. The summed E-state index contributed by atoms with van der Waals surface area (Å²) in [6.45, 7) is 2.53. The maximum absolute atomic E-state index is 11.5. The van der Waals surface area contributed by atoms with Gasteiger partial charge in [-0.3, -0.25) is 0 Å². The van der Waals surface area contributed by atoms with Crippen LogP contribution in [-0.2, 0) is 11.3 Å². The minimum atomic E-state index is -0.298. The second kappa shape index (κ2) is 5.71. The number of amides is 1. The van der Waals surface area contributed by atoms with Crippen LogP contribution >= 0.6 is 0 Å². The lowest BCUT2D eigenvalue weighted by molar-refractivity contribution is 0.121. The zero-order valence-corrected chi connectivity index (χ0v) is 10.2. The van der Waals surface area contributed by atoms with Gasteiger partial charge in [-0.05, 0) is 24.3 Å². The average Bonchev–Trinajstić information content (AvgIpc) is 2.32. The van der Waals surface area contributed by atoms with Crippen LogP contribution in [0.1, 0.15) is 31.7 Å². The lowest BCUT2D eigenvalue weighted by Gasteiger charge is -2.34. The number of benzene rings is 1. The van der Waals surface area contributed by atoms with Crippen LogP contribution in [0.15, 0.2) is 30.3 Å². The zero-order valence-electron chi connectivity index (χ0n) is 10.2. The van der Waals surface area contributed by atoms with E-state index in [0.717, 1.165) is 24.3 Å². The third-order valence-corrected chi connectivity index (χ3v) is 3.35. The van der Waals surface area contributed by atoms with E-state index in [-0.39, 0.29) is 6.09 Å². The molecular formula is C14H19NO2. The predicted octanol–water partition coefficient (Wildman–Crippen LogP) is 3.10. The lowest BCUT2D eigenvalue weighted by Crippen LogP contribution is -2.44. The van der Waals surface area contributed by atoms with Crippen molar-refractivity contribution in [2.24, 2.45) is 5.92 Å². The molecular weight excluding hydrogens is 214 g/mol. The number of ether oxygens (including phenoxy) is 1. The van der Waals surface area contributed by atoms with Gasteiger partial charge in [-0.2, -0.15) is 0 Å². The second-order valence-corrected chi connectivity index (χ2v) is 4.65. The number of hydrogen-bond acceptors (Lipinski definition) is 2. The summed E-state index contributed by atoms with van der Waals surface area (Å²) in [5.74, 6) is 0.787. The van der Waals surface area contributed by atoms with Gasteiger partial charge >= 0.3 is 6.09 Å². The molecule has 0 heterocycles. The summed E-state index contributed by atoms with van der Waals surface area (Å²) in [6.07, 6.45) is 3.10. The maximum atomic E-state index is 11.5. The summed E-state index contributed by atoms with van der Waals surface area (Å²) in [5, 5.41) is 2.89. The Hall–Kier alpha value is -1.51. The van der Waals surface area contributed by atoms with Crippen molar-refractivity contribution in [3.8, 4) is 0 Å². The Kier molecular flexibility index (Phi) is 4.02. The van der Waals surface area contributed by atoms with E-state index in [0.29, 0.717) is 12.6 Å². The molecule has 1 N–H and O–H groups in total. The quantitative estimate of drug-likeness (QED) is 0.867. The summed E-state index contributed by atoms with van der Waals surface area (Å²) in [6, 6.07) is 10.0. The van der Waals surface area contributed by atoms with E-state index in [2.05, 4.69) is 12.2 Å². The van der Waals surface area contributed by atoms with Gasteiger partial charge in [0.2, 0.25) is 0 Å². The lowest BCUT2D eigenvalue weighted by atomic mass is 9.79. The van der Waals surface area contributed by atoms with Gasteiger partial charge in [-0.15, -0.1) is 0 Å². The van der Waals surface area contributed by atoms with Crippen LogP contribution in [0.5, 0.6) is 0 Å². The Labute approximate surface area is 102 Å². The molecule has 92 valence electrons. The number of hydrogen-bond donors (Lipinski definition) is 1. The van der Waals surface area contributed by atoms with Gasteiger partial charge in [0.15, 0.2) is 0 Å². The van der Waals surface area contributed by atoms with Gasteiger partial charge in [-0.25, -0.2) is 4.79 Å². The molecule has 0 spiro atoms. The summed E-state index contributed by atoms with van der Waals surface area (Å²) in [7, 11) is 0.